The number of halogens is 4. The first-order chi connectivity index (χ1) is 17.4. The molecule has 196 valence electrons. The minimum absolute atomic E-state index is 0.0163. The average Bonchev–Trinajstić information content (AvgIpc) is 3.27. The standard InChI is InChI=1S/C25H23ClF3N3O5/c1-3-6-32-21(34)12-31(13-22(32)35)23(36)19-5-4-15(7-14(19)2)20-11-24(37-30-20,25(27,28)29)16-8-17(26)10-18(33)9-16/h4-5,7-10,33H,3,6,11-13H2,1-2H3. The number of carbonyl (C=O) groups is 3. The van der Waals surface area contributed by atoms with Gasteiger partial charge in [-0.3, -0.25) is 19.3 Å². The molecule has 1 unspecified atom stereocenters. The maximum atomic E-state index is 14.2. The second-order valence-electron chi connectivity index (χ2n) is 8.96. The third-order valence-corrected chi connectivity index (χ3v) is 6.53. The number of nitrogens with zero attached hydrogens (tertiary/aromatic N) is 3. The van der Waals surface area contributed by atoms with Gasteiger partial charge in [0.25, 0.3) is 11.5 Å². The van der Waals surface area contributed by atoms with Gasteiger partial charge < -0.3 is 14.8 Å². The maximum absolute atomic E-state index is 14.2. The lowest BCUT2D eigenvalue weighted by atomic mass is 9.86. The first-order valence-electron chi connectivity index (χ1n) is 11.4. The topological polar surface area (TPSA) is 99.5 Å². The quantitative estimate of drug-likeness (QED) is 0.578. The third kappa shape index (κ3) is 4.87. The molecule has 2 aliphatic heterocycles. The van der Waals surface area contributed by atoms with Gasteiger partial charge >= 0.3 is 6.18 Å². The number of rotatable bonds is 5. The predicted molar refractivity (Wildman–Crippen MR) is 127 cm³/mol. The van der Waals surface area contributed by atoms with Crippen molar-refractivity contribution < 1.29 is 37.5 Å². The van der Waals surface area contributed by atoms with Crippen molar-refractivity contribution in [1.82, 2.24) is 9.80 Å². The van der Waals surface area contributed by atoms with Gasteiger partial charge in [-0.15, -0.1) is 0 Å². The number of oxime groups is 1. The van der Waals surface area contributed by atoms with Gasteiger partial charge in [0.15, 0.2) is 0 Å². The Labute approximate surface area is 215 Å². The van der Waals surface area contributed by atoms with E-state index in [9.17, 15) is 32.7 Å². The van der Waals surface area contributed by atoms with E-state index in [1.54, 1.807) is 6.92 Å². The van der Waals surface area contributed by atoms with Gasteiger partial charge in [-0.05, 0) is 54.8 Å². The van der Waals surface area contributed by atoms with E-state index in [1.165, 1.54) is 18.2 Å². The summed E-state index contributed by atoms with van der Waals surface area (Å²) in [7, 11) is 0. The summed E-state index contributed by atoms with van der Waals surface area (Å²) in [6.07, 6.45) is -4.97. The molecule has 2 heterocycles. The van der Waals surface area contributed by atoms with Crippen LogP contribution in [0.2, 0.25) is 5.02 Å². The smallest absolute Gasteiger partial charge is 0.435 e. The summed E-state index contributed by atoms with van der Waals surface area (Å²) in [5.74, 6) is -1.91. The van der Waals surface area contributed by atoms with E-state index in [0.29, 0.717) is 17.5 Å². The highest BCUT2D eigenvalue weighted by atomic mass is 35.5. The number of hydrogen-bond acceptors (Lipinski definition) is 6. The van der Waals surface area contributed by atoms with Gasteiger partial charge in [-0.1, -0.05) is 29.7 Å². The van der Waals surface area contributed by atoms with Crippen molar-refractivity contribution in [1.29, 1.82) is 0 Å². The van der Waals surface area contributed by atoms with Gasteiger partial charge in [-0.25, -0.2) is 0 Å². The van der Waals surface area contributed by atoms with Gasteiger partial charge in [0, 0.05) is 29.1 Å². The molecule has 4 rings (SSSR count). The summed E-state index contributed by atoms with van der Waals surface area (Å²) in [5.41, 5.74) is -2.35. The van der Waals surface area contributed by atoms with Crippen LogP contribution in [0, 0.1) is 6.92 Å². The molecule has 2 aliphatic rings. The van der Waals surface area contributed by atoms with E-state index in [0.717, 1.165) is 28.0 Å². The number of amides is 3. The number of carbonyl (C=O) groups excluding carboxylic acids is 3. The molecule has 37 heavy (non-hydrogen) atoms. The average molecular weight is 538 g/mol. The number of hydrogen-bond donors (Lipinski definition) is 1. The molecular weight excluding hydrogens is 515 g/mol. The van der Waals surface area contributed by atoms with E-state index in [-0.39, 0.29) is 35.9 Å². The Hall–Kier alpha value is -3.60. The van der Waals surface area contributed by atoms with Crippen LogP contribution in [-0.2, 0) is 20.0 Å². The number of phenolic OH excluding ortho intramolecular Hbond substituents is 1. The maximum Gasteiger partial charge on any atom is 0.435 e. The summed E-state index contributed by atoms with van der Waals surface area (Å²) in [4.78, 5) is 44.9. The first-order valence-corrected chi connectivity index (χ1v) is 11.8. The molecule has 1 N–H and O–H groups in total. The zero-order chi connectivity index (χ0) is 27.1. The van der Waals surface area contributed by atoms with E-state index in [1.807, 2.05) is 6.92 Å². The SMILES string of the molecule is CCCN1C(=O)CN(C(=O)c2ccc(C3=NOC(c4cc(O)cc(Cl)c4)(C(F)(F)F)C3)cc2C)CC1=O. The van der Waals surface area contributed by atoms with Crippen molar-refractivity contribution in [2.45, 2.75) is 38.5 Å². The van der Waals surface area contributed by atoms with Crippen LogP contribution in [0.5, 0.6) is 5.75 Å². The van der Waals surface area contributed by atoms with E-state index in [2.05, 4.69) is 5.16 Å². The van der Waals surface area contributed by atoms with Crippen molar-refractivity contribution in [2.24, 2.45) is 5.16 Å². The van der Waals surface area contributed by atoms with Crippen LogP contribution in [0.1, 0.15) is 46.8 Å². The van der Waals surface area contributed by atoms with Crippen molar-refractivity contribution in [2.75, 3.05) is 19.6 Å². The molecule has 2 aromatic rings. The van der Waals surface area contributed by atoms with Crippen molar-refractivity contribution in [3.63, 3.8) is 0 Å². The van der Waals surface area contributed by atoms with Crippen molar-refractivity contribution in [3.8, 4) is 5.75 Å². The van der Waals surface area contributed by atoms with Gasteiger partial charge in [0.05, 0.1) is 5.71 Å². The summed E-state index contributed by atoms with van der Waals surface area (Å²) in [6, 6.07) is 7.43. The summed E-state index contributed by atoms with van der Waals surface area (Å²) in [6.45, 7) is 3.22. The minimum Gasteiger partial charge on any atom is -0.508 e. The third-order valence-electron chi connectivity index (χ3n) is 6.31. The molecule has 0 aromatic heterocycles. The molecule has 2 aromatic carbocycles. The van der Waals surface area contributed by atoms with E-state index >= 15 is 0 Å². The second kappa shape index (κ2) is 9.70. The number of aromatic hydroxyl groups is 1. The zero-order valence-corrected chi connectivity index (χ0v) is 20.7. The fourth-order valence-corrected chi connectivity index (χ4v) is 4.66. The predicted octanol–water partition coefficient (Wildman–Crippen LogP) is 4.16. The molecule has 1 atom stereocenters. The Morgan fingerprint density at radius 2 is 1.84 bits per heavy atom. The van der Waals surface area contributed by atoms with Crippen LogP contribution >= 0.6 is 11.6 Å². The molecule has 0 bridgehead atoms. The molecule has 1 saturated heterocycles. The Balaban J connectivity index is 1.57. The van der Waals surface area contributed by atoms with Crippen LogP contribution in [0.15, 0.2) is 41.6 Å². The molecular formula is C25H23ClF3N3O5. The summed E-state index contributed by atoms with van der Waals surface area (Å²) >= 11 is 5.87. The highest BCUT2D eigenvalue weighted by Gasteiger charge is 2.62. The number of piperazine rings is 1. The van der Waals surface area contributed by atoms with Crippen molar-refractivity contribution in [3.05, 3.63) is 63.7 Å². The lowest BCUT2D eigenvalue weighted by molar-refractivity contribution is -0.275. The number of imide groups is 1. The Morgan fingerprint density at radius 1 is 1.16 bits per heavy atom. The lowest BCUT2D eigenvalue weighted by Crippen LogP contribution is -2.55. The molecule has 1 fully saturated rings. The molecule has 8 nitrogen and oxygen atoms in total. The molecule has 0 saturated carbocycles. The normalized spacial score (nSPS) is 20.2. The number of aryl methyl sites for hydroxylation is 1. The van der Waals surface area contributed by atoms with Gasteiger partial charge in [0.2, 0.25) is 11.8 Å². The fourth-order valence-electron chi connectivity index (χ4n) is 4.43. The second-order valence-corrected chi connectivity index (χ2v) is 9.40. The fraction of sp³-hybridized carbons (Fsp3) is 0.360. The highest BCUT2D eigenvalue weighted by Crippen LogP contribution is 2.49. The Morgan fingerprint density at radius 3 is 2.41 bits per heavy atom. The van der Waals surface area contributed by atoms with Crippen LogP contribution in [0.3, 0.4) is 0 Å². The first kappa shape index (κ1) is 26.5. The zero-order valence-electron chi connectivity index (χ0n) is 19.9. The molecule has 0 aliphatic carbocycles. The van der Waals surface area contributed by atoms with Gasteiger partial charge in [0.1, 0.15) is 18.8 Å². The Kier molecular flexibility index (Phi) is 6.93. The lowest BCUT2D eigenvalue weighted by Gasteiger charge is -2.32. The molecule has 12 heteroatoms. The van der Waals surface area contributed by atoms with Gasteiger partial charge in [-0.2, -0.15) is 13.2 Å². The molecule has 0 spiro atoms. The van der Waals surface area contributed by atoms with Crippen LogP contribution in [-0.4, -0.2) is 64.2 Å². The largest absolute Gasteiger partial charge is 0.508 e. The monoisotopic (exact) mass is 537 g/mol. The van der Waals surface area contributed by atoms with Crippen LogP contribution in [0.4, 0.5) is 13.2 Å². The molecule has 0 radical (unpaired) electrons. The minimum atomic E-state index is -4.89. The number of phenols is 1. The summed E-state index contributed by atoms with van der Waals surface area (Å²) < 4.78 is 42.7. The number of alkyl halides is 3. The molecule has 3 amide bonds. The van der Waals surface area contributed by atoms with E-state index < -0.39 is 47.2 Å². The highest BCUT2D eigenvalue weighted by molar-refractivity contribution is 6.30. The summed E-state index contributed by atoms with van der Waals surface area (Å²) in [5, 5.41) is 13.4. The van der Waals surface area contributed by atoms with Crippen LogP contribution in [0.25, 0.3) is 0 Å². The van der Waals surface area contributed by atoms with Crippen LogP contribution < -0.4 is 0 Å². The number of benzene rings is 2. The Bertz CT molecular complexity index is 1270. The van der Waals surface area contributed by atoms with Crippen molar-refractivity contribution >= 4 is 35.0 Å². The van der Waals surface area contributed by atoms with E-state index in [4.69, 9.17) is 16.4 Å².